The molecule has 4 aliphatic rings. The van der Waals surface area contributed by atoms with Crippen molar-refractivity contribution in [1.82, 2.24) is 0 Å². The molecule has 0 N–H and O–H groups in total. The van der Waals surface area contributed by atoms with Crippen molar-refractivity contribution in [2.24, 2.45) is 22.7 Å². The fourth-order valence-electron chi connectivity index (χ4n) is 6.63. The van der Waals surface area contributed by atoms with Crippen LogP contribution in [0.2, 0.25) is 0 Å². The van der Waals surface area contributed by atoms with Gasteiger partial charge in [-0.05, 0) is 69.4 Å². The van der Waals surface area contributed by atoms with Crippen LogP contribution in [0.25, 0.3) is 0 Å². The van der Waals surface area contributed by atoms with Crippen molar-refractivity contribution < 1.29 is 9.53 Å². The fraction of sp³-hybridized carbons (Fsp3) is 0.654. The van der Waals surface area contributed by atoms with E-state index in [0.29, 0.717) is 11.8 Å². The lowest BCUT2D eigenvalue weighted by molar-refractivity contribution is -0.110. The van der Waals surface area contributed by atoms with E-state index < -0.39 is 5.60 Å². The van der Waals surface area contributed by atoms with E-state index in [9.17, 15) is 4.79 Å². The van der Waals surface area contributed by atoms with E-state index in [4.69, 9.17) is 11.2 Å². The monoisotopic (exact) mass is 378 g/mol. The first-order valence-electron chi connectivity index (χ1n) is 11.2. The Morgan fingerprint density at radius 2 is 2.11 bits per heavy atom. The molecule has 2 heteroatoms. The molecule has 0 heterocycles. The van der Waals surface area contributed by atoms with Crippen LogP contribution in [0.3, 0.4) is 0 Å². The average molecular weight is 379 g/mol. The molecule has 0 saturated heterocycles. The van der Waals surface area contributed by atoms with Gasteiger partial charge in [-0.2, -0.15) is 0 Å². The van der Waals surface area contributed by atoms with Gasteiger partial charge in [-0.25, -0.2) is 0 Å². The third-order valence-corrected chi connectivity index (χ3v) is 8.40. The van der Waals surface area contributed by atoms with Crippen LogP contribution in [-0.2, 0) is 9.53 Å². The van der Waals surface area contributed by atoms with Crippen LogP contribution in [0.4, 0.5) is 0 Å². The molecule has 2 nitrogen and oxygen atoms in total. The summed E-state index contributed by atoms with van der Waals surface area (Å²) in [5.41, 5.74) is 2.32. The lowest BCUT2D eigenvalue weighted by Crippen LogP contribution is -2.51. The summed E-state index contributed by atoms with van der Waals surface area (Å²) in [6, 6.07) is 0. The molecule has 0 radical (unpaired) electrons. The van der Waals surface area contributed by atoms with E-state index in [1.807, 2.05) is 6.08 Å². The van der Waals surface area contributed by atoms with Crippen LogP contribution >= 0.6 is 0 Å². The van der Waals surface area contributed by atoms with Crippen molar-refractivity contribution in [2.75, 3.05) is 6.61 Å². The molecule has 0 unspecified atom stereocenters. The number of carbonyl (C=O) groups excluding carboxylic acids is 1. The van der Waals surface area contributed by atoms with E-state index in [-0.39, 0.29) is 16.6 Å². The Labute approximate surface area is 170 Å². The number of hydrogen-bond donors (Lipinski definition) is 0. The average Bonchev–Trinajstić information content (AvgIpc) is 2.99. The van der Waals surface area contributed by atoms with Crippen LogP contribution < -0.4 is 0 Å². The van der Waals surface area contributed by atoms with Crippen molar-refractivity contribution in [3.05, 3.63) is 35.5 Å². The number of allylic oxidation sites excluding steroid dienone is 6. The quantitative estimate of drug-likeness (QED) is 0.344. The Hall–Kier alpha value is -1.59. The molecule has 2 saturated carbocycles. The highest BCUT2D eigenvalue weighted by Gasteiger charge is 2.62. The minimum Gasteiger partial charge on any atom is -0.362 e. The normalized spacial score (nSPS) is 41.4. The van der Waals surface area contributed by atoms with Crippen LogP contribution in [0, 0.1) is 35.0 Å². The maximum Gasteiger partial charge on any atom is 0.178 e. The van der Waals surface area contributed by atoms with Gasteiger partial charge >= 0.3 is 0 Å². The SMILES string of the molecule is C#C[C@]1(OCCCCC)CC[C@H]2[C@@H]3CCC4=CC(=O)C=C[C@]4(C)C3=CC[C@@]21C. The number of hydrogen-bond acceptors (Lipinski definition) is 2. The number of carbonyl (C=O) groups is 1. The van der Waals surface area contributed by atoms with E-state index in [0.717, 1.165) is 45.1 Å². The van der Waals surface area contributed by atoms with Gasteiger partial charge in [-0.3, -0.25) is 4.79 Å². The van der Waals surface area contributed by atoms with Crippen molar-refractivity contribution >= 4 is 5.78 Å². The van der Waals surface area contributed by atoms with Crippen molar-refractivity contribution in [2.45, 2.75) is 77.7 Å². The number of terminal acetylenes is 1. The Morgan fingerprint density at radius 1 is 1.29 bits per heavy atom. The highest BCUT2D eigenvalue weighted by atomic mass is 16.5. The molecule has 150 valence electrons. The summed E-state index contributed by atoms with van der Waals surface area (Å²) in [5, 5.41) is 0. The second-order valence-corrected chi connectivity index (χ2v) is 9.71. The van der Waals surface area contributed by atoms with Gasteiger partial charge in [-0.1, -0.05) is 55.9 Å². The van der Waals surface area contributed by atoms with Gasteiger partial charge in [-0.15, -0.1) is 6.42 Å². The molecular formula is C26H34O2. The third-order valence-electron chi connectivity index (χ3n) is 8.40. The summed E-state index contributed by atoms with van der Waals surface area (Å²) in [5.74, 6) is 4.40. The number of ketones is 1. The zero-order valence-electron chi connectivity index (χ0n) is 17.7. The molecule has 4 rings (SSSR count). The molecule has 0 aromatic heterocycles. The van der Waals surface area contributed by atoms with Crippen LogP contribution in [0.15, 0.2) is 35.5 Å². The van der Waals surface area contributed by atoms with Crippen LogP contribution in [0.1, 0.15) is 72.1 Å². The topological polar surface area (TPSA) is 26.3 Å². The first-order valence-corrected chi connectivity index (χ1v) is 11.2. The molecule has 0 aromatic carbocycles. The van der Waals surface area contributed by atoms with Crippen LogP contribution in [0.5, 0.6) is 0 Å². The summed E-state index contributed by atoms with van der Waals surface area (Å²) >= 11 is 0. The van der Waals surface area contributed by atoms with E-state index in [1.54, 1.807) is 6.08 Å². The number of ether oxygens (including phenoxy) is 1. The third kappa shape index (κ3) is 2.70. The summed E-state index contributed by atoms with van der Waals surface area (Å²) in [6.07, 6.45) is 23.1. The molecule has 28 heavy (non-hydrogen) atoms. The molecule has 5 atom stereocenters. The van der Waals surface area contributed by atoms with E-state index in [2.05, 4.69) is 38.8 Å². The van der Waals surface area contributed by atoms with Gasteiger partial charge in [0.2, 0.25) is 0 Å². The zero-order valence-corrected chi connectivity index (χ0v) is 17.7. The standard InChI is InChI=1S/C26H34O2/c1-5-7-8-17-28-26(6-2)16-13-23-21-10-9-19-18-20(27)11-14-24(19,3)22(21)12-15-25(23,26)4/h2,11-12,14,18,21,23H,5,7-10,13,15-17H2,1,3-4H3/t21-,23+,24+,25+,26+/m1/s1. The van der Waals surface area contributed by atoms with E-state index in [1.165, 1.54) is 24.0 Å². The fourth-order valence-corrected chi connectivity index (χ4v) is 6.63. The number of unbranched alkanes of at least 4 members (excludes halogenated alkanes) is 2. The Kier molecular flexibility index (Phi) is 4.95. The lowest BCUT2D eigenvalue weighted by atomic mass is 9.51. The van der Waals surface area contributed by atoms with Crippen molar-refractivity contribution in [3.8, 4) is 12.3 Å². The summed E-state index contributed by atoms with van der Waals surface area (Å²) in [7, 11) is 0. The Balaban J connectivity index is 1.64. The predicted octanol–water partition coefficient (Wildman–Crippen LogP) is 5.79. The van der Waals surface area contributed by atoms with Gasteiger partial charge in [0.1, 0.15) is 5.60 Å². The van der Waals surface area contributed by atoms with Gasteiger partial charge in [0.05, 0.1) is 0 Å². The first-order chi connectivity index (χ1) is 13.4. The Morgan fingerprint density at radius 3 is 2.86 bits per heavy atom. The van der Waals surface area contributed by atoms with Gasteiger partial charge in [0, 0.05) is 17.4 Å². The lowest BCUT2D eigenvalue weighted by Gasteiger charge is -2.53. The minimum atomic E-state index is -0.428. The second-order valence-electron chi connectivity index (χ2n) is 9.71. The molecule has 0 spiro atoms. The molecule has 2 fully saturated rings. The molecule has 4 aliphatic carbocycles. The van der Waals surface area contributed by atoms with Crippen molar-refractivity contribution in [1.29, 1.82) is 0 Å². The maximum absolute atomic E-state index is 11.9. The molecule has 0 aliphatic heterocycles. The maximum atomic E-state index is 11.9. The summed E-state index contributed by atoms with van der Waals surface area (Å²) in [6.45, 7) is 7.67. The Bertz CT molecular complexity index is 794. The predicted molar refractivity (Wildman–Crippen MR) is 114 cm³/mol. The van der Waals surface area contributed by atoms with Crippen molar-refractivity contribution in [3.63, 3.8) is 0 Å². The zero-order chi connectivity index (χ0) is 20.0. The van der Waals surface area contributed by atoms with Gasteiger partial charge in [0.15, 0.2) is 5.78 Å². The van der Waals surface area contributed by atoms with Gasteiger partial charge in [0.25, 0.3) is 0 Å². The summed E-state index contributed by atoms with van der Waals surface area (Å²) < 4.78 is 6.50. The molecule has 0 aromatic rings. The highest BCUT2D eigenvalue weighted by Crippen LogP contribution is 2.65. The smallest absolute Gasteiger partial charge is 0.178 e. The second kappa shape index (κ2) is 7.03. The highest BCUT2D eigenvalue weighted by molar-refractivity contribution is 6.01. The largest absolute Gasteiger partial charge is 0.362 e. The molecule has 0 amide bonds. The first kappa shape index (κ1) is 19.7. The molecular weight excluding hydrogens is 344 g/mol. The minimum absolute atomic E-state index is 0.00785. The van der Waals surface area contributed by atoms with E-state index >= 15 is 0 Å². The van der Waals surface area contributed by atoms with Gasteiger partial charge < -0.3 is 4.74 Å². The summed E-state index contributed by atoms with van der Waals surface area (Å²) in [4.78, 5) is 11.9. The number of fused-ring (bicyclic) bond motifs is 5. The van der Waals surface area contributed by atoms with Crippen LogP contribution in [-0.4, -0.2) is 18.0 Å². The number of rotatable bonds is 5. The molecule has 0 bridgehead atoms.